The highest BCUT2D eigenvalue weighted by molar-refractivity contribution is 6.04. The number of amides is 1. The third-order valence-corrected chi connectivity index (χ3v) is 5.58. The summed E-state index contributed by atoms with van der Waals surface area (Å²) in [6.07, 6.45) is 7.19. The van der Waals surface area contributed by atoms with Gasteiger partial charge in [-0.1, -0.05) is 12.8 Å². The molecule has 3 rings (SSSR count). The molecule has 7 nitrogen and oxygen atoms in total. The smallest absolute Gasteiger partial charge is 0.354 e. The topological polar surface area (TPSA) is 92.4 Å². The zero-order chi connectivity index (χ0) is 21.0. The van der Waals surface area contributed by atoms with Crippen LogP contribution < -0.4 is 0 Å². The van der Waals surface area contributed by atoms with Gasteiger partial charge < -0.3 is 14.6 Å². The minimum atomic E-state index is -0.514. The van der Waals surface area contributed by atoms with Crippen molar-refractivity contribution in [2.45, 2.75) is 46.1 Å². The van der Waals surface area contributed by atoms with Crippen molar-refractivity contribution in [1.29, 1.82) is 0 Å². The maximum absolute atomic E-state index is 13.2. The number of nitrogens with zero attached hydrogens (tertiary/aromatic N) is 2. The van der Waals surface area contributed by atoms with E-state index in [-0.39, 0.29) is 29.8 Å². The number of ether oxygens (including phenoxy) is 1. The van der Waals surface area contributed by atoms with Crippen molar-refractivity contribution in [3.05, 3.63) is 52.6 Å². The van der Waals surface area contributed by atoms with Crippen LogP contribution >= 0.6 is 0 Å². The molecule has 2 heterocycles. The SMILES string of the molecule is COC(=O)c1[nH]c(C)c(C(=O)CN(Cc2ccncc2)C(=O)C2CCCC2)c1C. The van der Waals surface area contributed by atoms with Crippen molar-refractivity contribution >= 4 is 17.7 Å². The summed E-state index contributed by atoms with van der Waals surface area (Å²) in [6, 6.07) is 3.70. The first-order valence-corrected chi connectivity index (χ1v) is 9.90. The second-order valence-corrected chi connectivity index (χ2v) is 7.57. The number of methoxy groups -OCH3 is 1. The Labute approximate surface area is 170 Å². The Hall–Kier alpha value is -2.96. The number of hydrogen-bond acceptors (Lipinski definition) is 5. The first kappa shape index (κ1) is 20.8. The number of carbonyl (C=O) groups is 3. The number of esters is 1. The van der Waals surface area contributed by atoms with Gasteiger partial charge >= 0.3 is 5.97 Å². The molecule has 1 amide bonds. The minimum Gasteiger partial charge on any atom is -0.464 e. The molecule has 154 valence electrons. The normalized spacial score (nSPS) is 14.0. The van der Waals surface area contributed by atoms with Gasteiger partial charge in [0.2, 0.25) is 5.91 Å². The molecule has 2 aromatic rings. The highest BCUT2D eigenvalue weighted by atomic mass is 16.5. The van der Waals surface area contributed by atoms with Gasteiger partial charge in [0.15, 0.2) is 5.78 Å². The van der Waals surface area contributed by atoms with E-state index >= 15 is 0 Å². The van der Waals surface area contributed by atoms with Crippen LogP contribution in [0.15, 0.2) is 24.5 Å². The molecule has 0 spiro atoms. The average Bonchev–Trinajstić information content (AvgIpc) is 3.35. The van der Waals surface area contributed by atoms with Gasteiger partial charge in [0.1, 0.15) is 5.69 Å². The van der Waals surface area contributed by atoms with Crippen LogP contribution in [0.25, 0.3) is 0 Å². The number of aromatic nitrogens is 2. The second-order valence-electron chi connectivity index (χ2n) is 7.57. The van der Waals surface area contributed by atoms with Crippen LogP contribution in [0.3, 0.4) is 0 Å². The monoisotopic (exact) mass is 397 g/mol. The Kier molecular flexibility index (Phi) is 6.46. The Balaban J connectivity index is 1.85. The van der Waals surface area contributed by atoms with E-state index in [2.05, 4.69) is 9.97 Å². The van der Waals surface area contributed by atoms with Crippen LogP contribution in [0.4, 0.5) is 0 Å². The molecule has 0 atom stereocenters. The summed E-state index contributed by atoms with van der Waals surface area (Å²) in [5, 5.41) is 0. The molecule has 29 heavy (non-hydrogen) atoms. The van der Waals surface area contributed by atoms with Crippen LogP contribution in [0.1, 0.15) is 63.4 Å². The molecule has 2 aromatic heterocycles. The molecule has 0 saturated heterocycles. The fourth-order valence-electron chi connectivity index (χ4n) is 4.08. The first-order chi connectivity index (χ1) is 13.9. The summed E-state index contributed by atoms with van der Waals surface area (Å²) < 4.78 is 4.78. The number of ketones is 1. The van der Waals surface area contributed by atoms with Crippen molar-refractivity contribution in [3.63, 3.8) is 0 Å². The lowest BCUT2D eigenvalue weighted by Crippen LogP contribution is -2.38. The number of rotatable bonds is 7. The Morgan fingerprint density at radius 2 is 1.83 bits per heavy atom. The fraction of sp³-hybridized carbons (Fsp3) is 0.455. The fourth-order valence-corrected chi connectivity index (χ4v) is 4.08. The maximum Gasteiger partial charge on any atom is 0.354 e. The van der Waals surface area contributed by atoms with E-state index in [9.17, 15) is 14.4 Å². The van der Waals surface area contributed by atoms with Crippen LogP contribution in [-0.4, -0.2) is 46.2 Å². The van der Waals surface area contributed by atoms with E-state index in [4.69, 9.17) is 4.74 Å². The van der Waals surface area contributed by atoms with Crippen molar-refractivity contribution in [3.8, 4) is 0 Å². The number of hydrogen-bond donors (Lipinski definition) is 1. The van der Waals surface area contributed by atoms with Crippen molar-refractivity contribution < 1.29 is 19.1 Å². The van der Waals surface area contributed by atoms with Gasteiger partial charge in [-0.3, -0.25) is 14.6 Å². The van der Waals surface area contributed by atoms with Gasteiger partial charge in [-0.15, -0.1) is 0 Å². The highest BCUT2D eigenvalue weighted by Gasteiger charge is 2.30. The number of nitrogens with one attached hydrogen (secondary N) is 1. The number of pyridine rings is 1. The molecule has 0 radical (unpaired) electrons. The molecule has 0 aromatic carbocycles. The lowest BCUT2D eigenvalue weighted by Gasteiger charge is -2.25. The number of Topliss-reactive ketones (excluding diaryl/α,β-unsaturated/α-hetero) is 1. The quantitative estimate of drug-likeness (QED) is 0.572. The highest BCUT2D eigenvalue weighted by Crippen LogP contribution is 2.28. The maximum atomic E-state index is 13.2. The van der Waals surface area contributed by atoms with Crippen molar-refractivity contribution in [1.82, 2.24) is 14.9 Å². The predicted molar refractivity (Wildman–Crippen MR) is 108 cm³/mol. The van der Waals surface area contributed by atoms with Crippen LogP contribution in [0.5, 0.6) is 0 Å². The third-order valence-electron chi connectivity index (χ3n) is 5.58. The third kappa shape index (κ3) is 4.55. The molecule has 1 aliphatic carbocycles. The molecule has 1 N–H and O–H groups in total. The van der Waals surface area contributed by atoms with Gasteiger partial charge in [0.05, 0.1) is 13.7 Å². The first-order valence-electron chi connectivity index (χ1n) is 9.90. The minimum absolute atomic E-state index is 0.0201. The van der Waals surface area contributed by atoms with Crippen molar-refractivity contribution in [2.75, 3.05) is 13.7 Å². The summed E-state index contributed by atoms with van der Waals surface area (Å²) in [4.78, 5) is 46.8. The van der Waals surface area contributed by atoms with Gasteiger partial charge in [0.25, 0.3) is 0 Å². The number of aromatic amines is 1. The standard InChI is InChI=1S/C22H27N3O4/c1-14-19(15(2)24-20(14)22(28)29-3)18(26)13-25(12-16-8-10-23-11-9-16)21(27)17-6-4-5-7-17/h8-11,17,24H,4-7,12-13H2,1-3H3. The molecule has 0 unspecified atom stereocenters. The molecule has 1 aliphatic rings. The van der Waals surface area contributed by atoms with E-state index in [0.29, 0.717) is 23.4 Å². The molecular weight excluding hydrogens is 370 g/mol. The Bertz CT molecular complexity index is 898. The van der Waals surface area contributed by atoms with E-state index in [1.165, 1.54) is 7.11 Å². The molecule has 1 saturated carbocycles. The van der Waals surface area contributed by atoms with Crippen molar-refractivity contribution in [2.24, 2.45) is 5.92 Å². The van der Waals surface area contributed by atoms with E-state index in [0.717, 1.165) is 31.2 Å². The largest absolute Gasteiger partial charge is 0.464 e. The molecule has 0 aliphatic heterocycles. The lowest BCUT2D eigenvalue weighted by atomic mass is 10.0. The lowest BCUT2D eigenvalue weighted by molar-refractivity contribution is -0.135. The van der Waals surface area contributed by atoms with Crippen LogP contribution in [0.2, 0.25) is 0 Å². The van der Waals surface area contributed by atoms with Gasteiger partial charge in [-0.25, -0.2) is 4.79 Å². The van der Waals surface area contributed by atoms with E-state index < -0.39 is 5.97 Å². The zero-order valence-electron chi connectivity index (χ0n) is 17.2. The Morgan fingerprint density at radius 1 is 1.17 bits per heavy atom. The van der Waals surface area contributed by atoms with Crippen LogP contribution in [0, 0.1) is 19.8 Å². The molecule has 0 bridgehead atoms. The van der Waals surface area contributed by atoms with E-state index in [1.807, 2.05) is 12.1 Å². The molecule has 7 heteroatoms. The summed E-state index contributed by atoms with van der Waals surface area (Å²) in [7, 11) is 1.30. The van der Waals surface area contributed by atoms with Gasteiger partial charge in [-0.2, -0.15) is 0 Å². The average molecular weight is 397 g/mol. The summed E-state index contributed by atoms with van der Waals surface area (Å²) in [6.45, 7) is 3.79. The number of aryl methyl sites for hydroxylation is 1. The van der Waals surface area contributed by atoms with Gasteiger partial charge in [-0.05, 0) is 49.9 Å². The molecule has 1 fully saturated rings. The summed E-state index contributed by atoms with van der Waals surface area (Å²) >= 11 is 0. The van der Waals surface area contributed by atoms with E-state index in [1.54, 1.807) is 31.1 Å². The van der Waals surface area contributed by atoms with Gasteiger partial charge in [0, 0.05) is 36.1 Å². The molecular formula is C22H27N3O4. The zero-order valence-corrected chi connectivity index (χ0v) is 17.2. The number of carbonyl (C=O) groups excluding carboxylic acids is 3. The predicted octanol–water partition coefficient (Wildman–Crippen LogP) is 3.21. The Morgan fingerprint density at radius 3 is 2.45 bits per heavy atom. The van der Waals surface area contributed by atoms with Crippen LogP contribution in [-0.2, 0) is 16.1 Å². The summed E-state index contributed by atoms with van der Waals surface area (Å²) in [5.41, 5.74) is 2.80. The second kappa shape index (κ2) is 9.03. The summed E-state index contributed by atoms with van der Waals surface area (Å²) in [5.74, 6) is -0.706. The number of H-pyrrole nitrogens is 1.